The highest BCUT2D eigenvalue weighted by molar-refractivity contribution is 7.89. The van der Waals surface area contributed by atoms with Crippen LogP contribution in [0.1, 0.15) is 24.0 Å². The zero-order valence-electron chi connectivity index (χ0n) is 10.1. The van der Waals surface area contributed by atoms with Crippen LogP contribution in [-0.4, -0.2) is 26.0 Å². The zero-order chi connectivity index (χ0) is 13.2. The number of benzene rings is 1. The Kier molecular flexibility index (Phi) is 3.66. The number of hydrogen-bond acceptors (Lipinski definition) is 4. The molecule has 1 aliphatic rings. The summed E-state index contributed by atoms with van der Waals surface area (Å²) in [5.74, 6) is 0. The highest BCUT2D eigenvalue weighted by Crippen LogP contribution is 2.21. The van der Waals surface area contributed by atoms with Crippen molar-refractivity contribution in [1.82, 2.24) is 4.47 Å². The van der Waals surface area contributed by atoms with Gasteiger partial charge in [0.2, 0.25) is 0 Å². The number of nitrogens with zero attached hydrogens (tertiary/aromatic N) is 2. The smallest absolute Gasteiger partial charge is 0.265 e. The van der Waals surface area contributed by atoms with Gasteiger partial charge in [0.1, 0.15) is 0 Å². The summed E-state index contributed by atoms with van der Waals surface area (Å²) in [5.41, 5.74) is 1.13. The molecule has 1 aliphatic heterocycles. The van der Waals surface area contributed by atoms with Crippen molar-refractivity contribution >= 4 is 10.0 Å². The molecule has 1 saturated heterocycles. The number of nitriles is 1. The van der Waals surface area contributed by atoms with Gasteiger partial charge in [-0.1, -0.05) is 4.47 Å². The van der Waals surface area contributed by atoms with Crippen molar-refractivity contribution in [2.75, 3.05) is 13.2 Å². The molecule has 1 aromatic rings. The van der Waals surface area contributed by atoms with E-state index in [1.807, 2.05) is 6.07 Å². The first-order chi connectivity index (χ1) is 8.55. The fourth-order valence-electron chi connectivity index (χ4n) is 1.80. The van der Waals surface area contributed by atoms with E-state index in [1.54, 1.807) is 6.92 Å². The summed E-state index contributed by atoms with van der Waals surface area (Å²) in [5, 5.41) is 8.83. The predicted molar refractivity (Wildman–Crippen MR) is 65.0 cm³/mol. The van der Waals surface area contributed by atoms with Gasteiger partial charge >= 0.3 is 0 Å². The summed E-state index contributed by atoms with van der Waals surface area (Å²) >= 11 is 0. The minimum Gasteiger partial charge on any atom is -0.284 e. The Labute approximate surface area is 107 Å². The molecule has 0 N–H and O–H groups in total. The van der Waals surface area contributed by atoms with E-state index in [0.717, 1.165) is 17.3 Å². The van der Waals surface area contributed by atoms with Gasteiger partial charge in [0.05, 0.1) is 23.1 Å². The van der Waals surface area contributed by atoms with Crippen molar-refractivity contribution in [2.45, 2.75) is 24.7 Å². The Balaban J connectivity index is 2.35. The van der Waals surface area contributed by atoms with Crippen LogP contribution in [0.5, 0.6) is 0 Å². The number of rotatable bonds is 2. The maximum Gasteiger partial charge on any atom is 0.265 e. The van der Waals surface area contributed by atoms with E-state index in [-0.39, 0.29) is 4.90 Å². The van der Waals surface area contributed by atoms with Crippen LogP contribution >= 0.6 is 0 Å². The number of aryl methyl sites for hydroxylation is 1. The Morgan fingerprint density at radius 2 is 2.17 bits per heavy atom. The molecular weight excluding hydrogens is 252 g/mol. The lowest BCUT2D eigenvalue weighted by Gasteiger charge is -2.25. The fourth-order valence-corrected chi connectivity index (χ4v) is 3.19. The van der Waals surface area contributed by atoms with Crippen LogP contribution in [-0.2, 0) is 14.9 Å². The molecule has 0 bridgehead atoms. The largest absolute Gasteiger partial charge is 0.284 e. The number of hydrogen-bond donors (Lipinski definition) is 0. The highest BCUT2D eigenvalue weighted by atomic mass is 32.2. The molecule has 0 radical (unpaired) electrons. The maximum atomic E-state index is 12.3. The molecule has 0 atom stereocenters. The summed E-state index contributed by atoms with van der Waals surface area (Å²) in [6, 6.07) is 6.48. The third-order valence-corrected chi connectivity index (χ3v) is 4.53. The van der Waals surface area contributed by atoms with E-state index in [0.29, 0.717) is 24.3 Å². The summed E-state index contributed by atoms with van der Waals surface area (Å²) in [4.78, 5) is 5.34. The molecule has 2 rings (SSSR count). The van der Waals surface area contributed by atoms with Crippen molar-refractivity contribution in [2.24, 2.45) is 0 Å². The Hall–Kier alpha value is -1.42. The lowest BCUT2D eigenvalue weighted by atomic mass is 10.1. The lowest BCUT2D eigenvalue weighted by Crippen LogP contribution is -2.35. The second kappa shape index (κ2) is 5.06. The zero-order valence-corrected chi connectivity index (χ0v) is 10.9. The normalized spacial score (nSPS) is 17.3. The number of sulfonamides is 1. The molecule has 6 heteroatoms. The monoisotopic (exact) mass is 266 g/mol. The lowest BCUT2D eigenvalue weighted by molar-refractivity contribution is -0.108. The molecule has 0 aromatic heterocycles. The first-order valence-corrected chi connectivity index (χ1v) is 7.16. The SMILES string of the molecule is Cc1cc(S(=O)(=O)N2CCCCO2)ccc1C#N. The van der Waals surface area contributed by atoms with E-state index in [4.69, 9.17) is 10.1 Å². The highest BCUT2D eigenvalue weighted by Gasteiger charge is 2.27. The Morgan fingerprint density at radius 3 is 2.72 bits per heavy atom. The van der Waals surface area contributed by atoms with Crippen molar-refractivity contribution in [3.63, 3.8) is 0 Å². The van der Waals surface area contributed by atoms with Crippen LogP contribution in [0.4, 0.5) is 0 Å². The van der Waals surface area contributed by atoms with E-state index in [2.05, 4.69) is 0 Å². The first kappa shape index (κ1) is 13.0. The van der Waals surface area contributed by atoms with Gasteiger partial charge in [0, 0.05) is 6.54 Å². The molecule has 96 valence electrons. The predicted octanol–water partition coefficient (Wildman–Crippen LogP) is 1.58. The second-order valence-corrected chi connectivity index (χ2v) is 5.99. The van der Waals surface area contributed by atoms with Gasteiger partial charge in [-0.05, 0) is 43.5 Å². The Bertz CT molecular complexity index is 584. The summed E-state index contributed by atoms with van der Waals surface area (Å²) in [6.45, 7) is 2.52. The van der Waals surface area contributed by atoms with Crippen LogP contribution in [0, 0.1) is 18.3 Å². The average molecular weight is 266 g/mol. The third kappa shape index (κ3) is 2.38. The van der Waals surface area contributed by atoms with Gasteiger partial charge in [0.25, 0.3) is 10.0 Å². The van der Waals surface area contributed by atoms with Gasteiger partial charge in [-0.3, -0.25) is 4.84 Å². The van der Waals surface area contributed by atoms with Gasteiger partial charge in [0.15, 0.2) is 0 Å². The molecule has 0 saturated carbocycles. The van der Waals surface area contributed by atoms with Crippen LogP contribution in [0.2, 0.25) is 0 Å². The standard InChI is InChI=1S/C12H14N2O3S/c1-10-8-12(5-4-11(10)9-13)18(15,16)14-6-2-3-7-17-14/h4-5,8H,2-3,6-7H2,1H3. The summed E-state index contributed by atoms with van der Waals surface area (Å²) in [6.07, 6.45) is 1.67. The van der Waals surface area contributed by atoms with Crippen LogP contribution in [0.25, 0.3) is 0 Å². The van der Waals surface area contributed by atoms with Gasteiger partial charge in [-0.25, -0.2) is 8.42 Å². The van der Waals surface area contributed by atoms with Crippen LogP contribution in [0.3, 0.4) is 0 Å². The summed E-state index contributed by atoms with van der Waals surface area (Å²) < 4.78 is 25.6. The molecule has 18 heavy (non-hydrogen) atoms. The quantitative estimate of drug-likeness (QED) is 0.815. The van der Waals surface area contributed by atoms with Crippen molar-refractivity contribution < 1.29 is 13.3 Å². The van der Waals surface area contributed by atoms with Gasteiger partial charge < -0.3 is 0 Å². The molecule has 1 fully saturated rings. The Morgan fingerprint density at radius 1 is 1.39 bits per heavy atom. The minimum absolute atomic E-state index is 0.168. The van der Waals surface area contributed by atoms with Crippen molar-refractivity contribution in [3.05, 3.63) is 29.3 Å². The van der Waals surface area contributed by atoms with Crippen molar-refractivity contribution in [3.8, 4) is 6.07 Å². The van der Waals surface area contributed by atoms with E-state index >= 15 is 0 Å². The van der Waals surface area contributed by atoms with Crippen molar-refractivity contribution in [1.29, 1.82) is 5.26 Å². The molecule has 1 aromatic carbocycles. The summed E-state index contributed by atoms with van der Waals surface area (Å²) in [7, 11) is -3.61. The topological polar surface area (TPSA) is 70.4 Å². The molecular formula is C12H14N2O3S. The molecule has 0 amide bonds. The molecule has 0 aliphatic carbocycles. The number of hydroxylamine groups is 1. The molecule has 1 heterocycles. The molecule has 0 spiro atoms. The molecule has 0 unspecified atom stereocenters. The fraction of sp³-hybridized carbons (Fsp3) is 0.417. The van der Waals surface area contributed by atoms with E-state index < -0.39 is 10.0 Å². The van der Waals surface area contributed by atoms with Crippen LogP contribution < -0.4 is 0 Å². The molecule has 5 nitrogen and oxygen atoms in total. The second-order valence-electron chi connectivity index (χ2n) is 4.16. The van der Waals surface area contributed by atoms with E-state index in [9.17, 15) is 8.42 Å². The minimum atomic E-state index is -3.61. The van der Waals surface area contributed by atoms with Gasteiger partial charge in [-0.2, -0.15) is 5.26 Å². The van der Waals surface area contributed by atoms with E-state index in [1.165, 1.54) is 18.2 Å². The first-order valence-electron chi connectivity index (χ1n) is 5.72. The third-order valence-electron chi connectivity index (χ3n) is 2.85. The average Bonchev–Trinajstić information content (AvgIpc) is 2.39. The van der Waals surface area contributed by atoms with Gasteiger partial charge in [-0.15, -0.1) is 0 Å². The maximum absolute atomic E-state index is 12.3. The van der Waals surface area contributed by atoms with Crippen LogP contribution in [0.15, 0.2) is 23.1 Å².